The molecular weight excluding hydrogens is 184 g/mol. The van der Waals surface area contributed by atoms with Crippen LogP contribution in [0.4, 0.5) is 0 Å². The van der Waals surface area contributed by atoms with E-state index in [2.05, 4.69) is 11.9 Å². The molecule has 0 aliphatic heterocycles. The number of unbranched alkanes of at least 4 members (excludes halogenated alkanes) is 4. The van der Waals surface area contributed by atoms with Crippen LogP contribution in [0.3, 0.4) is 0 Å². The first kappa shape index (κ1) is 13.0. The molecule has 2 N–H and O–H groups in total. The van der Waals surface area contributed by atoms with E-state index in [0.29, 0.717) is 6.04 Å². The summed E-state index contributed by atoms with van der Waals surface area (Å²) in [5.41, 5.74) is 0. The number of hydrogen-bond acceptors (Lipinski definition) is 2. The van der Waals surface area contributed by atoms with Crippen LogP contribution in [0.5, 0.6) is 0 Å². The molecule has 1 fully saturated rings. The third-order valence-corrected chi connectivity index (χ3v) is 3.56. The van der Waals surface area contributed by atoms with E-state index in [1.54, 1.807) is 0 Å². The summed E-state index contributed by atoms with van der Waals surface area (Å²) in [5, 5.41) is 2.12. The largest absolute Gasteiger partial charge is 0.269 e. The van der Waals surface area contributed by atoms with Gasteiger partial charge in [0, 0.05) is 12.6 Å². The van der Waals surface area contributed by atoms with Crippen molar-refractivity contribution in [2.45, 2.75) is 77.2 Å². The number of hydrogen-bond donors (Lipinski definition) is 1. The topological polar surface area (TPSA) is 29.3 Å². The van der Waals surface area contributed by atoms with Gasteiger partial charge in [0.1, 0.15) is 0 Å². The van der Waals surface area contributed by atoms with Crippen molar-refractivity contribution in [3.8, 4) is 0 Å². The highest BCUT2D eigenvalue weighted by Crippen LogP contribution is 2.20. The summed E-state index contributed by atoms with van der Waals surface area (Å²) < 4.78 is 0. The minimum Gasteiger partial charge on any atom is -0.269 e. The predicted molar refractivity (Wildman–Crippen MR) is 66.5 cm³/mol. The monoisotopic (exact) mass is 212 g/mol. The molecule has 1 aliphatic rings. The lowest BCUT2D eigenvalue weighted by atomic mass is 9.95. The highest BCUT2D eigenvalue weighted by molar-refractivity contribution is 4.72. The second-order valence-corrected chi connectivity index (χ2v) is 4.94. The first-order valence-corrected chi connectivity index (χ1v) is 6.86. The van der Waals surface area contributed by atoms with Gasteiger partial charge < -0.3 is 0 Å². The Morgan fingerprint density at radius 1 is 1.00 bits per heavy atom. The van der Waals surface area contributed by atoms with Gasteiger partial charge in [-0.1, -0.05) is 51.9 Å². The van der Waals surface area contributed by atoms with Crippen molar-refractivity contribution in [3.63, 3.8) is 0 Å². The molecule has 0 bridgehead atoms. The quantitative estimate of drug-likeness (QED) is 0.398. The van der Waals surface area contributed by atoms with Gasteiger partial charge >= 0.3 is 0 Å². The Balaban J connectivity index is 1.99. The molecule has 0 heterocycles. The molecule has 0 aromatic rings. The number of nitrogens with zero attached hydrogens (tertiary/aromatic N) is 1. The highest BCUT2D eigenvalue weighted by atomic mass is 15.4. The van der Waals surface area contributed by atoms with E-state index in [1.165, 1.54) is 64.2 Å². The van der Waals surface area contributed by atoms with Gasteiger partial charge in [-0.2, -0.15) is 0 Å². The molecule has 0 amide bonds. The SMILES string of the molecule is CCCCCCCN(N)C1CCCCC1. The average Bonchev–Trinajstić information content (AvgIpc) is 2.30. The van der Waals surface area contributed by atoms with E-state index in [-0.39, 0.29) is 0 Å². The number of hydrazine groups is 1. The Bertz CT molecular complexity index is 141. The van der Waals surface area contributed by atoms with E-state index in [9.17, 15) is 0 Å². The molecule has 2 nitrogen and oxygen atoms in total. The van der Waals surface area contributed by atoms with Crippen molar-refractivity contribution in [1.29, 1.82) is 0 Å². The molecule has 0 radical (unpaired) electrons. The lowest BCUT2D eigenvalue weighted by Gasteiger charge is -2.30. The Morgan fingerprint density at radius 2 is 1.67 bits per heavy atom. The molecule has 0 atom stereocenters. The first-order valence-electron chi connectivity index (χ1n) is 6.86. The van der Waals surface area contributed by atoms with Crippen LogP contribution in [0.1, 0.15) is 71.1 Å². The summed E-state index contributed by atoms with van der Waals surface area (Å²) in [7, 11) is 0. The summed E-state index contributed by atoms with van der Waals surface area (Å²) in [5.74, 6) is 6.10. The van der Waals surface area contributed by atoms with Gasteiger partial charge in [0.25, 0.3) is 0 Å². The summed E-state index contributed by atoms with van der Waals surface area (Å²) in [6.45, 7) is 3.37. The molecule has 0 aromatic heterocycles. The fourth-order valence-electron chi connectivity index (χ4n) is 2.49. The number of rotatable bonds is 7. The van der Waals surface area contributed by atoms with Crippen LogP contribution in [-0.4, -0.2) is 17.6 Å². The summed E-state index contributed by atoms with van der Waals surface area (Å²) in [6, 6.07) is 0.685. The maximum atomic E-state index is 6.10. The molecule has 0 aromatic carbocycles. The zero-order chi connectivity index (χ0) is 10.9. The summed E-state index contributed by atoms with van der Waals surface area (Å²) in [4.78, 5) is 0. The standard InChI is InChI=1S/C13H28N2/c1-2-3-4-5-9-12-15(14)13-10-7-6-8-11-13/h13H,2-12,14H2,1H3. The van der Waals surface area contributed by atoms with E-state index in [1.807, 2.05) is 0 Å². The molecule has 15 heavy (non-hydrogen) atoms. The average molecular weight is 212 g/mol. The highest BCUT2D eigenvalue weighted by Gasteiger charge is 2.17. The van der Waals surface area contributed by atoms with E-state index in [0.717, 1.165) is 6.54 Å². The molecule has 0 unspecified atom stereocenters. The van der Waals surface area contributed by atoms with Gasteiger partial charge in [0.05, 0.1) is 0 Å². The van der Waals surface area contributed by atoms with Gasteiger partial charge in [0.15, 0.2) is 0 Å². The van der Waals surface area contributed by atoms with Gasteiger partial charge in [-0.15, -0.1) is 0 Å². The van der Waals surface area contributed by atoms with Crippen molar-refractivity contribution in [1.82, 2.24) is 5.01 Å². The third kappa shape index (κ3) is 5.53. The van der Waals surface area contributed by atoms with Crippen molar-refractivity contribution >= 4 is 0 Å². The van der Waals surface area contributed by atoms with E-state index >= 15 is 0 Å². The fourth-order valence-corrected chi connectivity index (χ4v) is 2.49. The minimum absolute atomic E-state index is 0.685. The normalized spacial score (nSPS) is 18.6. The zero-order valence-corrected chi connectivity index (χ0v) is 10.4. The van der Waals surface area contributed by atoms with Gasteiger partial charge in [0.2, 0.25) is 0 Å². The zero-order valence-electron chi connectivity index (χ0n) is 10.4. The van der Waals surface area contributed by atoms with Crippen LogP contribution < -0.4 is 5.84 Å². The third-order valence-electron chi connectivity index (χ3n) is 3.56. The van der Waals surface area contributed by atoms with Crippen molar-refractivity contribution in [2.75, 3.05) is 6.54 Å². The lowest BCUT2D eigenvalue weighted by Crippen LogP contribution is -2.42. The van der Waals surface area contributed by atoms with Crippen molar-refractivity contribution < 1.29 is 0 Å². The van der Waals surface area contributed by atoms with E-state index in [4.69, 9.17) is 5.84 Å². The molecule has 1 saturated carbocycles. The Morgan fingerprint density at radius 3 is 2.33 bits per heavy atom. The smallest absolute Gasteiger partial charge is 0.0241 e. The van der Waals surface area contributed by atoms with Crippen LogP contribution >= 0.6 is 0 Å². The second kappa shape index (κ2) is 8.12. The maximum absolute atomic E-state index is 6.10. The lowest BCUT2D eigenvalue weighted by molar-refractivity contribution is 0.155. The van der Waals surface area contributed by atoms with Crippen molar-refractivity contribution in [3.05, 3.63) is 0 Å². The molecule has 0 saturated heterocycles. The minimum atomic E-state index is 0.685. The van der Waals surface area contributed by atoms with Crippen LogP contribution in [0, 0.1) is 0 Å². The van der Waals surface area contributed by atoms with Crippen molar-refractivity contribution in [2.24, 2.45) is 5.84 Å². The van der Waals surface area contributed by atoms with Crippen LogP contribution in [0.2, 0.25) is 0 Å². The van der Waals surface area contributed by atoms with E-state index < -0.39 is 0 Å². The molecule has 90 valence electrons. The van der Waals surface area contributed by atoms with Gasteiger partial charge in [-0.25, -0.2) is 5.01 Å². The Labute approximate surface area is 95.2 Å². The summed E-state index contributed by atoms with van der Waals surface area (Å²) >= 11 is 0. The Hall–Kier alpha value is -0.0800. The maximum Gasteiger partial charge on any atom is 0.0241 e. The molecular formula is C13H28N2. The van der Waals surface area contributed by atoms with Crippen LogP contribution in [-0.2, 0) is 0 Å². The summed E-state index contributed by atoms with van der Waals surface area (Å²) in [6.07, 6.45) is 13.6. The second-order valence-electron chi connectivity index (χ2n) is 4.94. The molecule has 1 aliphatic carbocycles. The predicted octanol–water partition coefficient (Wildman–Crippen LogP) is 3.47. The number of nitrogens with two attached hydrogens (primary N) is 1. The Kier molecular flexibility index (Phi) is 7.03. The molecule has 2 heteroatoms. The molecule has 0 spiro atoms. The fraction of sp³-hybridized carbons (Fsp3) is 1.00. The molecule has 1 rings (SSSR count). The first-order chi connectivity index (χ1) is 7.34. The van der Waals surface area contributed by atoms with Gasteiger partial charge in [-0.3, -0.25) is 5.84 Å². The van der Waals surface area contributed by atoms with Gasteiger partial charge in [-0.05, 0) is 19.3 Å². The van der Waals surface area contributed by atoms with Crippen LogP contribution in [0.15, 0.2) is 0 Å². The van der Waals surface area contributed by atoms with Crippen LogP contribution in [0.25, 0.3) is 0 Å².